The average molecular weight is 126 g/mol. The molecule has 1 aliphatic rings. The van der Waals surface area contributed by atoms with Gasteiger partial charge < -0.3 is 4.90 Å². The van der Waals surface area contributed by atoms with E-state index in [-0.39, 0.29) is 0 Å². The summed E-state index contributed by atoms with van der Waals surface area (Å²) in [4.78, 5) is 15.7. The summed E-state index contributed by atoms with van der Waals surface area (Å²) >= 11 is 0. The van der Waals surface area contributed by atoms with Crippen molar-refractivity contribution in [2.45, 2.75) is 6.42 Å². The number of hydrogen-bond donors (Lipinski definition) is 0. The minimum absolute atomic E-state index is 0.620. The van der Waals surface area contributed by atoms with Gasteiger partial charge in [0.15, 0.2) is 0 Å². The quantitative estimate of drug-likeness (QED) is 0.460. The van der Waals surface area contributed by atoms with Crippen LogP contribution < -0.4 is 0 Å². The van der Waals surface area contributed by atoms with Gasteiger partial charge in [0.2, 0.25) is 6.41 Å². The second kappa shape index (κ2) is 2.73. The third kappa shape index (κ3) is 1.61. The molecule has 0 aromatic carbocycles. The van der Waals surface area contributed by atoms with Crippen LogP contribution in [0, 0.1) is 0 Å². The van der Waals surface area contributed by atoms with Crippen molar-refractivity contribution in [3.63, 3.8) is 0 Å². The van der Waals surface area contributed by atoms with E-state index in [1.807, 2.05) is 7.05 Å². The molecule has 9 heavy (non-hydrogen) atoms. The third-order valence-electron chi connectivity index (χ3n) is 1.47. The molecule has 0 aliphatic carbocycles. The molecular weight excluding hydrogens is 116 g/mol. The highest BCUT2D eigenvalue weighted by atomic mass is 16.1. The first-order chi connectivity index (χ1) is 4.33. The fraction of sp³-hybridized carbons (Fsp3) is 0.667. The number of rotatable bonds is 1. The molecule has 3 heteroatoms. The molecule has 1 aliphatic heterocycles. The lowest BCUT2D eigenvalue weighted by Gasteiger charge is -2.00. The van der Waals surface area contributed by atoms with Crippen LogP contribution in [0.1, 0.15) is 6.42 Å². The zero-order valence-electron chi connectivity index (χ0n) is 5.50. The van der Waals surface area contributed by atoms with Gasteiger partial charge in [-0.15, -0.1) is 0 Å². The Morgan fingerprint density at radius 2 is 2.56 bits per heavy atom. The summed E-state index contributed by atoms with van der Waals surface area (Å²) in [5.41, 5.74) is 1.01. The van der Waals surface area contributed by atoms with E-state index in [9.17, 15) is 4.79 Å². The second-order valence-electron chi connectivity index (χ2n) is 2.29. The molecule has 0 radical (unpaired) electrons. The van der Waals surface area contributed by atoms with Crippen LogP contribution in [-0.4, -0.2) is 37.2 Å². The maximum atomic E-state index is 9.86. The summed E-state index contributed by atoms with van der Waals surface area (Å²) in [5, 5.41) is 0. The van der Waals surface area contributed by atoms with E-state index >= 15 is 0 Å². The highest BCUT2D eigenvalue weighted by Crippen LogP contribution is 2.01. The normalized spacial score (nSPS) is 25.2. The zero-order chi connectivity index (χ0) is 6.69. The van der Waals surface area contributed by atoms with Gasteiger partial charge >= 0.3 is 0 Å². The van der Waals surface area contributed by atoms with Crippen LogP contribution in [0.3, 0.4) is 0 Å². The van der Waals surface area contributed by atoms with Crippen LogP contribution in [0.5, 0.6) is 0 Å². The summed E-state index contributed by atoms with van der Waals surface area (Å²) < 4.78 is 0. The summed E-state index contributed by atoms with van der Waals surface area (Å²) in [6.07, 6.45) is 1.57. The van der Waals surface area contributed by atoms with E-state index in [2.05, 4.69) is 9.89 Å². The maximum Gasteiger partial charge on any atom is 0.232 e. The molecule has 0 atom stereocenters. The molecule has 1 heterocycles. The number of likely N-dealkylation sites (tertiary alicyclic amines) is 1. The maximum absolute atomic E-state index is 9.86. The monoisotopic (exact) mass is 126 g/mol. The van der Waals surface area contributed by atoms with Gasteiger partial charge in [0.1, 0.15) is 0 Å². The highest BCUT2D eigenvalue weighted by Gasteiger charge is 2.12. The Kier molecular flexibility index (Phi) is 1.95. The smallest absolute Gasteiger partial charge is 0.232 e. The molecule has 0 spiro atoms. The van der Waals surface area contributed by atoms with Crippen LogP contribution in [0.4, 0.5) is 0 Å². The van der Waals surface area contributed by atoms with Gasteiger partial charge in [0, 0.05) is 18.8 Å². The van der Waals surface area contributed by atoms with Crippen LogP contribution in [0.25, 0.3) is 0 Å². The molecule has 1 rings (SSSR count). The van der Waals surface area contributed by atoms with Crippen molar-refractivity contribution in [1.29, 1.82) is 0 Å². The molecule has 0 saturated carbocycles. The third-order valence-corrected chi connectivity index (χ3v) is 1.47. The fourth-order valence-corrected chi connectivity index (χ4v) is 0.970. The molecule has 1 amide bonds. The second-order valence-corrected chi connectivity index (χ2v) is 2.29. The van der Waals surface area contributed by atoms with Crippen LogP contribution in [-0.2, 0) is 4.79 Å². The van der Waals surface area contributed by atoms with E-state index in [1.165, 1.54) is 0 Å². The molecule has 1 fully saturated rings. The van der Waals surface area contributed by atoms with Gasteiger partial charge in [-0.1, -0.05) is 0 Å². The fourth-order valence-electron chi connectivity index (χ4n) is 0.970. The lowest BCUT2D eigenvalue weighted by molar-refractivity contribution is -0.106. The van der Waals surface area contributed by atoms with E-state index in [4.69, 9.17) is 0 Å². The van der Waals surface area contributed by atoms with Gasteiger partial charge in [-0.25, -0.2) is 4.99 Å². The zero-order valence-corrected chi connectivity index (χ0v) is 5.50. The number of hydrogen-bond acceptors (Lipinski definition) is 2. The Bertz CT molecular complexity index is 142. The first-order valence-corrected chi connectivity index (χ1v) is 3.00. The standard InChI is InChI=1S/C6H10N2O/c1-8-3-2-6(4-8)7-5-9/h5H,2-4H2,1H3. The lowest BCUT2D eigenvalue weighted by Crippen LogP contribution is -2.13. The van der Waals surface area contributed by atoms with Crippen molar-refractivity contribution in [1.82, 2.24) is 4.90 Å². The molecule has 0 aromatic heterocycles. The number of aliphatic imine (C=N–C) groups is 1. The van der Waals surface area contributed by atoms with Crippen molar-refractivity contribution >= 4 is 12.1 Å². The molecule has 0 aromatic rings. The van der Waals surface area contributed by atoms with E-state index < -0.39 is 0 Å². The number of amides is 1. The van der Waals surface area contributed by atoms with E-state index in [1.54, 1.807) is 0 Å². The van der Waals surface area contributed by atoms with Crippen molar-refractivity contribution in [3.05, 3.63) is 0 Å². The van der Waals surface area contributed by atoms with Gasteiger partial charge in [0.25, 0.3) is 0 Å². The van der Waals surface area contributed by atoms with Crippen molar-refractivity contribution in [2.24, 2.45) is 4.99 Å². The van der Waals surface area contributed by atoms with Gasteiger partial charge in [0.05, 0.1) is 0 Å². The van der Waals surface area contributed by atoms with E-state index in [0.717, 1.165) is 25.2 Å². The molecule has 0 unspecified atom stereocenters. The molecule has 50 valence electrons. The summed E-state index contributed by atoms with van der Waals surface area (Å²) in [6.45, 7) is 1.89. The summed E-state index contributed by atoms with van der Waals surface area (Å²) in [6, 6.07) is 0. The highest BCUT2D eigenvalue weighted by molar-refractivity contribution is 5.92. The largest absolute Gasteiger partial charge is 0.301 e. The molecule has 3 nitrogen and oxygen atoms in total. The first-order valence-electron chi connectivity index (χ1n) is 3.00. The topological polar surface area (TPSA) is 32.7 Å². The number of nitrogens with zero attached hydrogens (tertiary/aromatic N) is 2. The molecule has 0 bridgehead atoms. The molecule has 0 N–H and O–H groups in total. The predicted molar refractivity (Wildman–Crippen MR) is 35.6 cm³/mol. The summed E-state index contributed by atoms with van der Waals surface area (Å²) in [7, 11) is 2.02. The Morgan fingerprint density at radius 1 is 1.78 bits per heavy atom. The average Bonchev–Trinajstić information content (AvgIpc) is 2.17. The first kappa shape index (κ1) is 6.42. The van der Waals surface area contributed by atoms with Crippen molar-refractivity contribution in [3.8, 4) is 0 Å². The SMILES string of the molecule is CN1CCC(=NC=O)C1. The van der Waals surface area contributed by atoms with Gasteiger partial charge in [-0.05, 0) is 13.5 Å². The lowest BCUT2D eigenvalue weighted by atomic mass is 10.3. The van der Waals surface area contributed by atoms with Crippen LogP contribution >= 0.6 is 0 Å². The van der Waals surface area contributed by atoms with Crippen LogP contribution in [0.15, 0.2) is 4.99 Å². The minimum atomic E-state index is 0.620. The Labute approximate surface area is 54.4 Å². The van der Waals surface area contributed by atoms with Gasteiger partial charge in [-0.2, -0.15) is 0 Å². The van der Waals surface area contributed by atoms with Crippen molar-refractivity contribution < 1.29 is 4.79 Å². The van der Waals surface area contributed by atoms with Crippen molar-refractivity contribution in [2.75, 3.05) is 20.1 Å². The Morgan fingerprint density at radius 3 is 3.00 bits per heavy atom. The Hall–Kier alpha value is -0.700. The van der Waals surface area contributed by atoms with E-state index in [0.29, 0.717) is 6.41 Å². The summed E-state index contributed by atoms with van der Waals surface area (Å²) in [5.74, 6) is 0. The molecular formula is C6H10N2O. The predicted octanol–water partition coefficient (Wildman–Crippen LogP) is -0.0807. The number of carbonyl (C=O) groups excluding carboxylic acids is 1. The number of carbonyl (C=O) groups is 1. The van der Waals surface area contributed by atoms with Gasteiger partial charge in [-0.3, -0.25) is 4.79 Å². The molecule has 1 saturated heterocycles. The van der Waals surface area contributed by atoms with Crippen LogP contribution in [0.2, 0.25) is 0 Å². The minimum Gasteiger partial charge on any atom is -0.301 e. The Balaban J connectivity index is 2.47.